The maximum Gasteiger partial charge on any atom is 0.134 e. The molecule has 236 valence electrons. The molecule has 0 bridgehead atoms. The minimum Gasteiger partial charge on any atom is -0.482 e. The van der Waals surface area contributed by atoms with Crippen molar-refractivity contribution in [2.75, 3.05) is 5.73 Å². The van der Waals surface area contributed by atoms with Crippen LogP contribution in [0, 0.1) is 6.92 Å². The molecule has 2 aliphatic rings. The molecule has 1 unspecified atom stereocenters. The smallest absolute Gasteiger partial charge is 0.134 e. The second-order valence-corrected chi connectivity index (χ2v) is 11.8. The second-order valence-electron chi connectivity index (χ2n) is 11.8. The Bertz CT molecular complexity index is 1200. The SMILES string of the molecule is C1CCC1.C=CCc1ccc(CC(C)O)cc1.CC.CCc1ccc(C2(Oc3ccc(N)cc3C)CCCC2)c(CC)c1. The molecule has 0 aromatic heterocycles. The van der Waals surface area contributed by atoms with E-state index < -0.39 is 0 Å². The molecule has 3 nitrogen and oxygen atoms in total. The Morgan fingerprint density at radius 1 is 0.837 bits per heavy atom. The summed E-state index contributed by atoms with van der Waals surface area (Å²) in [4.78, 5) is 0. The quantitative estimate of drug-likeness (QED) is 0.194. The number of nitrogens with two attached hydrogens (primary N) is 1. The number of anilines is 1. The van der Waals surface area contributed by atoms with Crippen molar-refractivity contribution in [3.63, 3.8) is 0 Å². The number of nitrogen functional groups attached to an aromatic ring is 1. The lowest BCUT2D eigenvalue weighted by Crippen LogP contribution is -2.31. The molecule has 3 aromatic carbocycles. The Hall–Kier alpha value is -3.04. The van der Waals surface area contributed by atoms with Gasteiger partial charge in [0.2, 0.25) is 0 Å². The van der Waals surface area contributed by atoms with E-state index in [0.717, 1.165) is 55.5 Å². The van der Waals surface area contributed by atoms with Gasteiger partial charge in [0, 0.05) is 5.69 Å². The van der Waals surface area contributed by atoms with Crippen LogP contribution in [-0.2, 0) is 31.3 Å². The predicted octanol–water partition coefficient (Wildman–Crippen LogP) is 10.5. The molecule has 43 heavy (non-hydrogen) atoms. The van der Waals surface area contributed by atoms with Crippen molar-refractivity contribution in [3.8, 4) is 5.75 Å². The number of aryl methyl sites for hydroxylation is 3. The van der Waals surface area contributed by atoms with Crippen LogP contribution < -0.4 is 10.5 Å². The molecule has 2 saturated carbocycles. The minimum absolute atomic E-state index is 0.182. The molecule has 1 atom stereocenters. The van der Waals surface area contributed by atoms with Crippen LogP contribution in [0.5, 0.6) is 5.75 Å². The van der Waals surface area contributed by atoms with E-state index >= 15 is 0 Å². The van der Waals surface area contributed by atoms with Crippen molar-refractivity contribution in [1.82, 2.24) is 0 Å². The molecule has 0 saturated heterocycles. The number of hydrogen-bond acceptors (Lipinski definition) is 3. The van der Waals surface area contributed by atoms with Crippen LogP contribution in [-0.4, -0.2) is 11.2 Å². The standard InChI is InChI=1S/C22H29NO.C12H16O.C4H8.C2H6/c1-4-17-8-10-20(18(5-2)15-17)22(12-6-7-13-22)24-21-11-9-19(23)14-16(21)3;1-3-4-11-5-7-12(8-6-11)9-10(2)13;1-2-4-3-1;1-2/h8-11,14-15H,4-7,12-13,23H2,1-3H3;3,5-8,10,13H,1,4,9H2,2H3;1-4H2;1-2H3. The van der Waals surface area contributed by atoms with Crippen molar-refractivity contribution in [2.24, 2.45) is 0 Å². The first kappa shape index (κ1) is 36.2. The number of allylic oxidation sites excluding steroid dienone is 1. The molecule has 2 aliphatic carbocycles. The Morgan fingerprint density at radius 3 is 1.91 bits per heavy atom. The maximum absolute atomic E-state index is 9.16. The van der Waals surface area contributed by atoms with Crippen LogP contribution in [0.15, 0.2) is 73.3 Å². The lowest BCUT2D eigenvalue weighted by Gasteiger charge is -2.33. The molecule has 0 spiro atoms. The van der Waals surface area contributed by atoms with Gasteiger partial charge in [-0.3, -0.25) is 0 Å². The monoisotopic (exact) mass is 585 g/mol. The first-order chi connectivity index (χ1) is 20.8. The van der Waals surface area contributed by atoms with Gasteiger partial charge in [0.1, 0.15) is 11.4 Å². The number of ether oxygens (including phenoxy) is 1. The Kier molecular flexibility index (Phi) is 16.2. The topological polar surface area (TPSA) is 55.5 Å². The molecule has 2 fully saturated rings. The van der Waals surface area contributed by atoms with E-state index in [4.69, 9.17) is 15.6 Å². The average Bonchev–Trinajstić information content (AvgIpc) is 3.45. The van der Waals surface area contributed by atoms with Gasteiger partial charge in [-0.15, -0.1) is 6.58 Å². The third-order valence-electron chi connectivity index (χ3n) is 8.30. The Morgan fingerprint density at radius 2 is 1.42 bits per heavy atom. The maximum atomic E-state index is 9.16. The summed E-state index contributed by atoms with van der Waals surface area (Å²) in [6.45, 7) is 16.0. The highest BCUT2D eigenvalue weighted by Gasteiger charge is 2.39. The third kappa shape index (κ3) is 11.5. The first-order valence-electron chi connectivity index (χ1n) is 16.8. The van der Waals surface area contributed by atoms with Gasteiger partial charge in [0.05, 0.1) is 6.10 Å². The largest absolute Gasteiger partial charge is 0.482 e. The van der Waals surface area contributed by atoms with Crippen molar-refractivity contribution < 1.29 is 9.84 Å². The minimum atomic E-state index is -0.259. The van der Waals surface area contributed by atoms with E-state index in [9.17, 15) is 0 Å². The summed E-state index contributed by atoms with van der Waals surface area (Å²) >= 11 is 0. The highest BCUT2D eigenvalue weighted by molar-refractivity contribution is 5.48. The lowest BCUT2D eigenvalue weighted by atomic mass is 9.85. The zero-order valence-electron chi connectivity index (χ0n) is 28.1. The van der Waals surface area contributed by atoms with Crippen LogP contribution in [0.4, 0.5) is 5.69 Å². The molecule has 3 N–H and O–H groups in total. The van der Waals surface area contributed by atoms with Gasteiger partial charge < -0.3 is 15.6 Å². The molecule has 0 heterocycles. The fourth-order valence-corrected chi connectivity index (χ4v) is 5.54. The van der Waals surface area contributed by atoms with E-state index in [-0.39, 0.29) is 11.7 Å². The molecule has 0 amide bonds. The zero-order valence-corrected chi connectivity index (χ0v) is 28.1. The summed E-state index contributed by atoms with van der Waals surface area (Å²) in [7, 11) is 0. The summed E-state index contributed by atoms with van der Waals surface area (Å²) in [6, 6.07) is 21.2. The van der Waals surface area contributed by atoms with Gasteiger partial charge in [-0.25, -0.2) is 0 Å². The fraction of sp³-hybridized carbons (Fsp3) is 0.500. The van der Waals surface area contributed by atoms with Crippen LogP contribution >= 0.6 is 0 Å². The van der Waals surface area contributed by atoms with Crippen LogP contribution in [0.25, 0.3) is 0 Å². The molecule has 0 radical (unpaired) electrons. The molecule has 3 aromatic rings. The zero-order chi connectivity index (χ0) is 31.7. The van der Waals surface area contributed by atoms with E-state index in [0.29, 0.717) is 0 Å². The highest BCUT2D eigenvalue weighted by Crippen LogP contribution is 2.45. The fourth-order valence-electron chi connectivity index (χ4n) is 5.54. The molecule has 3 heteroatoms. The summed E-state index contributed by atoms with van der Waals surface area (Å²) in [5.41, 5.74) is 14.3. The third-order valence-corrected chi connectivity index (χ3v) is 8.30. The molecule has 0 aliphatic heterocycles. The second kappa shape index (κ2) is 19.3. The Labute approximate surface area is 263 Å². The van der Waals surface area contributed by atoms with Gasteiger partial charge in [0.15, 0.2) is 0 Å². The van der Waals surface area contributed by atoms with Gasteiger partial charge in [-0.2, -0.15) is 0 Å². The summed E-state index contributed by atoms with van der Waals surface area (Å²) in [6.07, 6.45) is 16.1. The summed E-state index contributed by atoms with van der Waals surface area (Å²) in [5, 5.41) is 9.16. The van der Waals surface area contributed by atoms with Crippen molar-refractivity contribution in [2.45, 2.75) is 130 Å². The number of aliphatic hydroxyl groups is 1. The van der Waals surface area contributed by atoms with Crippen molar-refractivity contribution >= 4 is 5.69 Å². The van der Waals surface area contributed by atoms with Crippen LogP contribution in [0.1, 0.15) is 119 Å². The summed E-state index contributed by atoms with van der Waals surface area (Å²) < 4.78 is 6.70. The van der Waals surface area contributed by atoms with Gasteiger partial charge in [-0.05, 0) is 117 Å². The van der Waals surface area contributed by atoms with E-state index in [1.54, 1.807) is 6.92 Å². The van der Waals surface area contributed by atoms with Crippen molar-refractivity contribution in [3.05, 3.63) is 107 Å². The van der Waals surface area contributed by atoms with E-state index in [1.165, 1.54) is 66.3 Å². The lowest BCUT2D eigenvalue weighted by molar-refractivity contribution is 0.0722. The molecule has 5 rings (SSSR count). The van der Waals surface area contributed by atoms with Gasteiger partial charge in [0.25, 0.3) is 0 Å². The normalized spacial score (nSPS) is 15.2. The number of benzene rings is 3. The Balaban J connectivity index is 0.000000283. The average molecular weight is 586 g/mol. The number of rotatable bonds is 9. The van der Waals surface area contributed by atoms with Gasteiger partial charge >= 0.3 is 0 Å². The van der Waals surface area contributed by atoms with E-state index in [1.807, 2.05) is 38.1 Å². The van der Waals surface area contributed by atoms with Crippen molar-refractivity contribution in [1.29, 1.82) is 0 Å². The highest BCUT2D eigenvalue weighted by atomic mass is 16.5. The van der Waals surface area contributed by atoms with Crippen LogP contribution in [0.2, 0.25) is 0 Å². The van der Waals surface area contributed by atoms with Gasteiger partial charge in [-0.1, -0.05) is 102 Å². The summed E-state index contributed by atoms with van der Waals surface area (Å²) in [5.74, 6) is 0.965. The molecular weight excluding hydrogens is 526 g/mol. The van der Waals surface area contributed by atoms with E-state index in [2.05, 4.69) is 69.8 Å². The first-order valence-corrected chi connectivity index (χ1v) is 16.8. The number of hydrogen-bond donors (Lipinski definition) is 2. The number of aliphatic hydroxyl groups excluding tert-OH is 1. The van der Waals surface area contributed by atoms with Crippen LogP contribution in [0.3, 0.4) is 0 Å². The molecular formula is C40H59NO2. The predicted molar refractivity (Wildman–Crippen MR) is 187 cm³/mol.